The predicted octanol–water partition coefficient (Wildman–Crippen LogP) is 0.778. The van der Waals surface area contributed by atoms with Crippen molar-refractivity contribution < 1.29 is 15.0 Å². The minimum atomic E-state index is -0.797. The lowest BCUT2D eigenvalue weighted by molar-refractivity contribution is -0.139. The number of rotatable bonds is 7. The van der Waals surface area contributed by atoms with E-state index in [1.807, 2.05) is 11.8 Å². The first-order valence-electron chi connectivity index (χ1n) is 7.28. The maximum atomic E-state index is 10.9. The first-order chi connectivity index (χ1) is 8.92. The highest BCUT2D eigenvalue weighted by atomic mass is 16.4. The molecule has 3 N–H and O–H groups in total. The lowest BCUT2D eigenvalue weighted by Crippen LogP contribution is -2.53. The van der Waals surface area contributed by atoms with Crippen LogP contribution in [0.2, 0.25) is 0 Å². The van der Waals surface area contributed by atoms with Crippen LogP contribution < -0.4 is 5.32 Å². The largest absolute Gasteiger partial charge is 0.480 e. The fourth-order valence-electron chi connectivity index (χ4n) is 2.72. The number of carbonyl (C=O) groups is 1. The van der Waals surface area contributed by atoms with E-state index >= 15 is 0 Å². The minimum Gasteiger partial charge on any atom is -0.480 e. The Bertz CT molecular complexity index is 284. The van der Waals surface area contributed by atoms with Crippen LogP contribution in [0.25, 0.3) is 0 Å². The summed E-state index contributed by atoms with van der Waals surface area (Å²) < 4.78 is 0. The van der Waals surface area contributed by atoms with Gasteiger partial charge in [0.2, 0.25) is 0 Å². The molecule has 0 amide bonds. The van der Waals surface area contributed by atoms with E-state index in [0.29, 0.717) is 12.5 Å². The molecule has 0 bridgehead atoms. The van der Waals surface area contributed by atoms with Gasteiger partial charge < -0.3 is 15.5 Å². The molecule has 19 heavy (non-hydrogen) atoms. The van der Waals surface area contributed by atoms with E-state index in [9.17, 15) is 9.90 Å². The number of nitrogens with zero attached hydrogens (tertiary/aromatic N) is 1. The summed E-state index contributed by atoms with van der Waals surface area (Å²) in [6, 6.07) is 0.279. The number of nitrogens with one attached hydrogen (secondary N) is 1. The van der Waals surface area contributed by atoms with Crippen molar-refractivity contribution in [3.63, 3.8) is 0 Å². The summed E-state index contributed by atoms with van der Waals surface area (Å²) in [5, 5.41) is 22.4. The molecule has 0 aromatic carbocycles. The summed E-state index contributed by atoms with van der Waals surface area (Å²) in [7, 11) is 0. The molecule has 1 heterocycles. The van der Waals surface area contributed by atoms with E-state index in [-0.39, 0.29) is 24.6 Å². The van der Waals surface area contributed by atoms with Crippen molar-refractivity contribution in [3.05, 3.63) is 0 Å². The molecule has 1 saturated heterocycles. The molecule has 0 aromatic heterocycles. The monoisotopic (exact) mass is 272 g/mol. The van der Waals surface area contributed by atoms with Gasteiger partial charge in [-0.25, -0.2) is 0 Å². The van der Waals surface area contributed by atoms with Crippen molar-refractivity contribution in [1.82, 2.24) is 10.2 Å². The zero-order chi connectivity index (χ0) is 14.4. The van der Waals surface area contributed by atoms with Crippen LogP contribution in [-0.4, -0.2) is 59.4 Å². The van der Waals surface area contributed by atoms with E-state index in [0.717, 1.165) is 25.9 Å². The third-order valence-corrected chi connectivity index (χ3v) is 3.69. The summed E-state index contributed by atoms with van der Waals surface area (Å²) in [5.41, 5.74) is 0. The lowest BCUT2D eigenvalue weighted by Gasteiger charge is -2.39. The molecule has 0 radical (unpaired) electrons. The number of hydrogen-bond acceptors (Lipinski definition) is 4. The van der Waals surface area contributed by atoms with Crippen molar-refractivity contribution in [3.8, 4) is 0 Å². The Morgan fingerprint density at radius 1 is 1.42 bits per heavy atom. The molecule has 0 saturated carbocycles. The molecule has 0 aliphatic carbocycles. The molecule has 1 aliphatic heterocycles. The molecule has 112 valence electrons. The van der Waals surface area contributed by atoms with Gasteiger partial charge in [0.15, 0.2) is 0 Å². The SMILES string of the molecule is CCC(O)C1CC(NCC(C)C)CN(CC(=O)O)C1. The van der Waals surface area contributed by atoms with Gasteiger partial charge in [-0.05, 0) is 31.2 Å². The van der Waals surface area contributed by atoms with E-state index in [2.05, 4.69) is 19.2 Å². The fraction of sp³-hybridized carbons (Fsp3) is 0.929. The van der Waals surface area contributed by atoms with Crippen LogP contribution in [0.4, 0.5) is 0 Å². The van der Waals surface area contributed by atoms with Crippen LogP contribution in [0, 0.1) is 11.8 Å². The van der Waals surface area contributed by atoms with Gasteiger partial charge in [-0.1, -0.05) is 20.8 Å². The fourth-order valence-corrected chi connectivity index (χ4v) is 2.72. The highest BCUT2D eigenvalue weighted by molar-refractivity contribution is 5.69. The van der Waals surface area contributed by atoms with Gasteiger partial charge in [0.1, 0.15) is 0 Å². The number of piperidine rings is 1. The lowest BCUT2D eigenvalue weighted by atomic mass is 9.88. The van der Waals surface area contributed by atoms with Gasteiger partial charge in [-0.2, -0.15) is 0 Å². The second kappa shape index (κ2) is 7.82. The summed E-state index contributed by atoms with van der Waals surface area (Å²) in [6.07, 6.45) is 1.32. The Morgan fingerprint density at radius 2 is 2.11 bits per heavy atom. The molecule has 1 aliphatic rings. The maximum Gasteiger partial charge on any atom is 0.317 e. The van der Waals surface area contributed by atoms with Gasteiger partial charge in [0.25, 0.3) is 0 Å². The number of carboxylic acid groups (broad SMARTS) is 1. The highest BCUT2D eigenvalue weighted by Crippen LogP contribution is 2.22. The van der Waals surface area contributed by atoms with Crippen molar-refractivity contribution in [1.29, 1.82) is 0 Å². The number of aliphatic hydroxyl groups is 1. The molecule has 1 fully saturated rings. The minimum absolute atomic E-state index is 0.0623. The first-order valence-corrected chi connectivity index (χ1v) is 7.28. The van der Waals surface area contributed by atoms with Crippen molar-refractivity contribution in [2.45, 2.75) is 45.8 Å². The Morgan fingerprint density at radius 3 is 2.63 bits per heavy atom. The van der Waals surface area contributed by atoms with Gasteiger partial charge in [0.05, 0.1) is 12.6 Å². The average molecular weight is 272 g/mol. The first kappa shape index (κ1) is 16.4. The smallest absolute Gasteiger partial charge is 0.317 e. The van der Waals surface area contributed by atoms with E-state index in [1.165, 1.54) is 0 Å². The van der Waals surface area contributed by atoms with Gasteiger partial charge in [-0.3, -0.25) is 9.69 Å². The van der Waals surface area contributed by atoms with Gasteiger partial charge in [0, 0.05) is 19.1 Å². The van der Waals surface area contributed by atoms with Crippen LogP contribution in [0.5, 0.6) is 0 Å². The molecule has 1 rings (SSSR count). The number of carboxylic acids is 1. The number of hydrogen-bond donors (Lipinski definition) is 3. The molecule has 5 nitrogen and oxygen atoms in total. The number of likely N-dealkylation sites (tertiary alicyclic amines) is 1. The maximum absolute atomic E-state index is 10.9. The second-order valence-electron chi connectivity index (χ2n) is 6.06. The molecule has 0 spiro atoms. The van der Waals surface area contributed by atoms with E-state index in [4.69, 9.17) is 5.11 Å². The van der Waals surface area contributed by atoms with Crippen LogP contribution >= 0.6 is 0 Å². The summed E-state index contributed by atoms with van der Waals surface area (Å²) in [4.78, 5) is 12.8. The zero-order valence-electron chi connectivity index (χ0n) is 12.3. The van der Waals surface area contributed by atoms with Crippen molar-refractivity contribution in [2.75, 3.05) is 26.2 Å². The van der Waals surface area contributed by atoms with Crippen LogP contribution in [-0.2, 0) is 4.79 Å². The van der Waals surface area contributed by atoms with Gasteiger partial charge in [-0.15, -0.1) is 0 Å². The van der Waals surface area contributed by atoms with Crippen LogP contribution in [0.15, 0.2) is 0 Å². The topological polar surface area (TPSA) is 72.8 Å². The second-order valence-corrected chi connectivity index (χ2v) is 6.06. The standard InChI is InChI=1S/C14H28N2O3/c1-4-13(17)11-5-12(15-6-10(2)3)8-16(7-11)9-14(18)19/h10-13,15,17H,4-9H2,1-3H3,(H,18,19). The third-order valence-electron chi connectivity index (χ3n) is 3.69. The van der Waals surface area contributed by atoms with Crippen LogP contribution in [0.3, 0.4) is 0 Å². The molecule has 3 atom stereocenters. The molecule has 0 aromatic rings. The van der Waals surface area contributed by atoms with Crippen molar-refractivity contribution in [2.24, 2.45) is 11.8 Å². The van der Waals surface area contributed by atoms with E-state index < -0.39 is 5.97 Å². The van der Waals surface area contributed by atoms with Crippen LogP contribution in [0.1, 0.15) is 33.6 Å². The quantitative estimate of drug-likeness (QED) is 0.639. The van der Waals surface area contributed by atoms with Crippen molar-refractivity contribution >= 4 is 5.97 Å². The summed E-state index contributed by atoms with van der Waals surface area (Å²) in [5.74, 6) is -0.0543. The van der Waals surface area contributed by atoms with E-state index in [1.54, 1.807) is 0 Å². The molecular weight excluding hydrogens is 244 g/mol. The Hall–Kier alpha value is -0.650. The normalized spacial score (nSPS) is 26.6. The molecule has 5 heteroatoms. The Kier molecular flexibility index (Phi) is 6.75. The molecular formula is C14H28N2O3. The summed E-state index contributed by atoms with van der Waals surface area (Å²) in [6.45, 7) is 8.71. The van der Waals surface area contributed by atoms with Gasteiger partial charge >= 0.3 is 5.97 Å². The predicted molar refractivity (Wildman–Crippen MR) is 75.1 cm³/mol. The number of aliphatic carboxylic acids is 1. The Labute approximate surface area is 116 Å². The highest BCUT2D eigenvalue weighted by Gasteiger charge is 2.31. The number of aliphatic hydroxyl groups excluding tert-OH is 1. The average Bonchev–Trinajstić information content (AvgIpc) is 2.34. The molecule has 3 unspecified atom stereocenters. The Balaban J connectivity index is 2.58. The zero-order valence-corrected chi connectivity index (χ0v) is 12.3. The summed E-state index contributed by atoms with van der Waals surface area (Å²) >= 11 is 0. The third kappa shape index (κ3) is 5.89.